The Morgan fingerprint density at radius 1 is 1.29 bits per heavy atom. The third kappa shape index (κ3) is 4.15. The predicted octanol–water partition coefficient (Wildman–Crippen LogP) is 4.64. The summed E-state index contributed by atoms with van der Waals surface area (Å²) in [7, 11) is 0. The van der Waals surface area contributed by atoms with Crippen LogP contribution in [0.4, 0.5) is 5.69 Å². The zero-order chi connectivity index (χ0) is 17.1. The van der Waals surface area contributed by atoms with Crippen molar-refractivity contribution < 1.29 is 4.79 Å². The van der Waals surface area contributed by atoms with E-state index >= 15 is 0 Å². The van der Waals surface area contributed by atoms with Crippen molar-refractivity contribution in [2.75, 3.05) is 18.4 Å². The van der Waals surface area contributed by atoms with Gasteiger partial charge in [-0.05, 0) is 64.0 Å². The second-order valence-electron chi connectivity index (χ2n) is 6.44. The van der Waals surface area contributed by atoms with Gasteiger partial charge in [0.2, 0.25) is 0 Å². The van der Waals surface area contributed by atoms with Crippen LogP contribution < -0.4 is 5.32 Å². The molecule has 1 aliphatic rings. The van der Waals surface area contributed by atoms with E-state index in [9.17, 15) is 4.79 Å². The number of nitrogens with one attached hydrogen (secondary N) is 1. The number of anilines is 1. The number of rotatable bonds is 4. The first-order valence-electron chi connectivity index (χ1n) is 8.29. The van der Waals surface area contributed by atoms with Crippen molar-refractivity contribution in [2.24, 2.45) is 0 Å². The molecule has 3 rings (SSSR count). The van der Waals surface area contributed by atoms with Crippen LogP contribution in [0.25, 0.3) is 0 Å². The van der Waals surface area contributed by atoms with E-state index < -0.39 is 0 Å². The van der Waals surface area contributed by atoms with Gasteiger partial charge in [-0.2, -0.15) is 0 Å². The summed E-state index contributed by atoms with van der Waals surface area (Å²) in [6.45, 7) is 6.69. The molecule has 0 radical (unpaired) electrons. The molecule has 2 aromatic rings. The van der Waals surface area contributed by atoms with Gasteiger partial charge in [0.25, 0.3) is 5.91 Å². The highest BCUT2D eigenvalue weighted by Gasteiger charge is 2.25. The minimum absolute atomic E-state index is 0.167. The second-order valence-corrected chi connectivity index (χ2v) is 7.76. The molecule has 1 N–H and O–H groups in total. The lowest BCUT2D eigenvalue weighted by atomic mass is 9.97. The van der Waals surface area contributed by atoms with Gasteiger partial charge in [0, 0.05) is 28.0 Å². The zero-order valence-electron chi connectivity index (χ0n) is 14.0. The van der Waals surface area contributed by atoms with Gasteiger partial charge in [-0.3, -0.25) is 4.79 Å². The van der Waals surface area contributed by atoms with Gasteiger partial charge >= 0.3 is 0 Å². The van der Waals surface area contributed by atoms with E-state index in [0.717, 1.165) is 36.6 Å². The molecule has 6 heteroatoms. The molecular weight excluding hydrogens is 342 g/mol. The molecule has 0 saturated carbocycles. The van der Waals surface area contributed by atoms with Crippen LogP contribution in [0.5, 0.6) is 0 Å². The van der Waals surface area contributed by atoms with Crippen LogP contribution in [-0.2, 0) is 0 Å². The molecule has 0 atom stereocenters. The Kier molecular flexibility index (Phi) is 5.54. The van der Waals surface area contributed by atoms with Gasteiger partial charge in [-0.25, -0.2) is 4.98 Å². The highest BCUT2D eigenvalue weighted by atomic mass is 35.5. The fourth-order valence-electron chi connectivity index (χ4n) is 2.97. The van der Waals surface area contributed by atoms with Crippen molar-refractivity contribution in [2.45, 2.75) is 38.6 Å². The fraction of sp³-hybridized carbons (Fsp3) is 0.444. The summed E-state index contributed by atoms with van der Waals surface area (Å²) in [4.78, 5) is 19.4. The van der Waals surface area contributed by atoms with Crippen LogP contribution in [0.3, 0.4) is 0 Å². The van der Waals surface area contributed by atoms with Crippen LogP contribution in [0.2, 0.25) is 5.02 Å². The summed E-state index contributed by atoms with van der Waals surface area (Å²) < 4.78 is 0. The Balaban J connectivity index is 1.61. The summed E-state index contributed by atoms with van der Waals surface area (Å²) in [6.07, 6.45) is 2.23. The van der Waals surface area contributed by atoms with Crippen molar-refractivity contribution in [3.05, 3.63) is 45.4 Å². The van der Waals surface area contributed by atoms with Crippen molar-refractivity contribution in [3.63, 3.8) is 0 Å². The molecule has 1 fully saturated rings. The summed E-state index contributed by atoms with van der Waals surface area (Å²) >= 11 is 7.45. The van der Waals surface area contributed by atoms with Crippen LogP contribution in [0, 0.1) is 0 Å². The Hall–Kier alpha value is -1.43. The van der Waals surface area contributed by atoms with Crippen molar-refractivity contribution in [3.8, 4) is 0 Å². The normalized spacial score (nSPS) is 16.5. The highest BCUT2D eigenvalue weighted by molar-refractivity contribution is 7.09. The third-order valence-electron chi connectivity index (χ3n) is 4.47. The van der Waals surface area contributed by atoms with Gasteiger partial charge in [0.05, 0.1) is 5.01 Å². The maximum Gasteiger partial charge on any atom is 0.275 e. The first kappa shape index (κ1) is 17.4. The quantitative estimate of drug-likeness (QED) is 0.860. The second kappa shape index (κ2) is 7.64. The van der Waals surface area contributed by atoms with E-state index in [2.05, 4.69) is 29.0 Å². The summed E-state index contributed by atoms with van der Waals surface area (Å²) in [5.41, 5.74) is 1.22. The van der Waals surface area contributed by atoms with E-state index in [4.69, 9.17) is 11.6 Å². The molecule has 1 aliphatic heterocycles. The Morgan fingerprint density at radius 3 is 2.58 bits per heavy atom. The van der Waals surface area contributed by atoms with Crippen LogP contribution >= 0.6 is 22.9 Å². The molecule has 1 aromatic heterocycles. The number of thiazole rings is 1. The van der Waals surface area contributed by atoms with Gasteiger partial charge in [0.15, 0.2) is 0 Å². The first-order chi connectivity index (χ1) is 11.5. The number of amides is 1. The lowest BCUT2D eigenvalue weighted by molar-refractivity contribution is 0.102. The van der Waals surface area contributed by atoms with Crippen LogP contribution in [0.15, 0.2) is 29.6 Å². The number of hydrogen-bond donors (Lipinski definition) is 1. The standard InChI is InChI=1S/C18H22ClN3OS/c1-12(2)22-9-7-13(8-10-22)18-21-16(11-24-18)17(23)20-15-5-3-14(19)4-6-15/h3-6,11-13H,7-10H2,1-2H3,(H,20,23). The molecular formula is C18H22ClN3OS. The van der Waals surface area contributed by atoms with Gasteiger partial charge in [-0.1, -0.05) is 11.6 Å². The molecule has 1 saturated heterocycles. The Labute approximate surface area is 151 Å². The molecule has 0 bridgehead atoms. The number of benzene rings is 1. The molecule has 2 heterocycles. The average molecular weight is 364 g/mol. The number of nitrogens with zero attached hydrogens (tertiary/aromatic N) is 2. The van der Waals surface area contributed by atoms with Crippen LogP contribution in [-0.4, -0.2) is 34.9 Å². The number of carbonyl (C=O) groups excluding carboxylic acids is 1. The number of aromatic nitrogens is 1. The molecule has 0 unspecified atom stereocenters. The first-order valence-corrected chi connectivity index (χ1v) is 9.55. The lowest BCUT2D eigenvalue weighted by Gasteiger charge is -2.33. The van der Waals surface area contributed by atoms with Crippen molar-refractivity contribution >= 4 is 34.5 Å². The van der Waals surface area contributed by atoms with Crippen molar-refractivity contribution in [1.29, 1.82) is 0 Å². The number of piperidine rings is 1. The Bertz CT molecular complexity index is 691. The fourth-order valence-corrected chi connectivity index (χ4v) is 4.07. The van der Waals surface area contributed by atoms with Crippen molar-refractivity contribution in [1.82, 2.24) is 9.88 Å². The van der Waals surface area contributed by atoms with E-state index in [1.165, 1.54) is 0 Å². The van der Waals surface area contributed by atoms with E-state index in [-0.39, 0.29) is 5.91 Å². The van der Waals surface area contributed by atoms with Gasteiger partial charge in [-0.15, -0.1) is 11.3 Å². The SMILES string of the molecule is CC(C)N1CCC(c2nc(C(=O)Nc3ccc(Cl)cc3)cs2)CC1. The predicted molar refractivity (Wildman–Crippen MR) is 100 cm³/mol. The molecule has 4 nitrogen and oxygen atoms in total. The van der Waals surface area contributed by atoms with Crippen LogP contribution in [0.1, 0.15) is 48.1 Å². The molecule has 1 aromatic carbocycles. The molecule has 24 heavy (non-hydrogen) atoms. The number of hydrogen-bond acceptors (Lipinski definition) is 4. The van der Waals surface area contributed by atoms with E-state index in [1.807, 2.05) is 5.38 Å². The number of carbonyl (C=O) groups is 1. The molecule has 0 spiro atoms. The average Bonchev–Trinajstić information content (AvgIpc) is 3.07. The number of halogens is 1. The summed E-state index contributed by atoms with van der Waals surface area (Å²) in [5, 5.41) is 6.45. The van der Waals surface area contributed by atoms with Gasteiger partial charge < -0.3 is 10.2 Å². The Morgan fingerprint density at radius 2 is 1.96 bits per heavy atom. The molecule has 128 valence electrons. The monoisotopic (exact) mass is 363 g/mol. The van der Waals surface area contributed by atoms with E-state index in [1.54, 1.807) is 35.6 Å². The minimum Gasteiger partial charge on any atom is -0.321 e. The maximum atomic E-state index is 12.3. The zero-order valence-corrected chi connectivity index (χ0v) is 15.5. The smallest absolute Gasteiger partial charge is 0.275 e. The third-order valence-corrected chi connectivity index (χ3v) is 5.72. The minimum atomic E-state index is -0.167. The largest absolute Gasteiger partial charge is 0.321 e. The molecule has 1 amide bonds. The lowest BCUT2D eigenvalue weighted by Crippen LogP contribution is -2.37. The van der Waals surface area contributed by atoms with E-state index in [0.29, 0.717) is 22.7 Å². The maximum absolute atomic E-state index is 12.3. The summed E-state index contributed by atoms with van der Waals surface area (Å²) in [6, 6.07) is 7.69. The highest BCUT2D eigenvalue weighted by Crippen LogP contribution is 2.31. The number of likely N-dealkylation sites (tertiary alicyclic amines) is 1. The summed E-state index contributed by atoms with van der Waals surface area (Å²) in [5.74, 6) is 0.307. The van der Waals surface area contributed by atoms with Gasteiger partial charge in [0.1, 0.15) is 5.69 Å². The topological polar surface area (TPSA) is 45.2 Å². The molecule has 0 aliphatic carbocycles.